The molecule has 0 radical (unpaired) electrons. The van der Waals surface area contributed by atoms with Gasteiger partial charge in [-0.15, -0.1) is 11.8 Å². The van der Waals surface area contributed by atoms with Gasteiger partial charge in [-0.05, 0) is 30.2 Å². The Balaban J connectivity index is 1.41. The molecule has 2 aliphatic heterocycles. The Labute approximate surface area is 225 Å². The molecule has 4 unspecified atom stereocenters. The Morgan fingerprint density at radius 3 is 2.53 bits per heavy atom. The number of methoxy groups -OCH3 is 2. The fourth-order valence-electron chi connectivity index (χ4n) is 4.69. The van der Waals surface area contributed by atoms with Crippen LogP contribution in [0, 0.1) is 11.7 Å². The molecule has 204 valence electrons. The van der Waals surface area contributed by atoms with Gasteiger partial charge in [0.15, 0.2) is 11.5 Å². The predicted molar refractivity (Wildman–Crippen MR) is 141 cm³/mol. The van der Waals surface area contributed by atoms with Crippen LogP contribution in [-0.4, -0.2) is 79.8 Å². The zero-order valence-electron chi connectivity index (χ0n) is 21.7. The number of rotatable bonds is 9. The van der Waals surface area contributed by atoms with Crippen LogP contribution in [0.1, 0.15) is 17.3 Å². The Bertz CT molecular complexity index is 1200. The van der Waals surface area contributed by atoms with Crippen LogP contribution in [0.4, 0.5) is 9.18 Å². The summed E-state index contributed by atoms with van der Waals surface area (Å²) in [5.74, 6) is -0.323. The van der Waals surface area contributed by atoms with E-state index >= 15 is 0 Å². The molecule has 38 heavy (non-hydrogen) atoms. The van der Waals surface area contributed by atoms with Crippen LogP contribution in [0.15, 0.2) is 42.5 Å². The van der Waals surface area contributed by atoms with E-state index in [1.54, 1.807) is 39.5 Å². The Morgan fingerprint density at radius 1 is 1.08 bits per heavy atom. The minimum absolute atomic E-state index is 0.0749. The van der Waals surface area contributed by atoms with E-state index in [1.807, 2.05) is 18.2 Å². The van der Waals surface area contributed by atoms with Gasteiger partial charge < -0.3 is 19.7 Å². The SMILES string of the molecule is COc1ccc(CCNC(=O)CSC2NC(c3ccccc3F)NC3C2C(=O)N(C)C(=O)N3C)cc1OC. The first-order chi connectivity index (χ1) is 18.2. The number of imide groups is 1. The summed E-state index contributed by atoms with van der Waals surface area (Å²) in [5, 5.41) is 8.84. The Kier molecular flexibility index (Phi) is 8.75. The second-order valence-electron chi connectivity index (χ2n) is 9.07. The fraction of sp³-hybridized carbons (Fsp3) is 0.423. The molecule has 2 heterocycles. The number of thioether (sulfide) groups is 1. The van der Waals surface area contributed by atoms with Gasteiger partial charge in [0, 0.05) is 26.2 Å². The first-order valence-corrected chi connectivity index (χ1v) is 13.2. The lowest BCUT2D eigenvalue weighted by Crippen LogP contribution is -2.72. The van der Waals surface area contributed by atoms with Crippen molar-refractivity contribution in [3.8, 4) is 11.5 Å². The van der Waals surface area contributed by atoms with E-state index in [0.717, 1.165) is 10.5 Å². The second kappa shape index (κ2) is 12.0. The number of halogens is 1. The van der Waals surface area contributed by atoms with Crippen LogP contribution >= 0.6 is 11.8 Å². The van der Waals surface area contributed by atoms with E-state index in [9.17, 15) is 18.8 Å². The highest BCUT2D eigenvalue weighted by molar-refractivity contribution is 8.00. The van der Waals surface area contributed by atoms with Gasteiger partial charge in [-0.25, -0.2) is 9.18 Å². The van der Waals surface area contributed by atoms with Gasteiger partial charge in [-0.2, -0.15) is 0 Å². The largest absolute Gasteiger partial charge is 0.493 e. The number of hydrogen-bond donors (Lipinski definition) is 3. The van der Waals surface area contributed by atoms with E-state index in [2.05, 4.69) is 16.0 Å². The number of carbonyl (C=O) groups is 3. The lowest BCUT2D eigenvalue weighted by Gasteiger charge is -2.50. The van der Waals surface area contributed by atoms with Gasteiger partial charge in [0.1, 0.15) is 5.82 Å². The first-order valence-electron chi connectivity index (χ1n) is 12.1. The van der Waals surface area contributed by atoms with Gasteiger partial charge >= 0.3 is 6.03 Å². The molecule has 0 spiro atoms. The zero-order valence-corrected chi connectivity index (χ0v) is 22.5. The molecule has 4 rings (SSSR count). The second-order valence-corrected chi connectivity index (χ2v) is 10.2. The molecule has 2 aromatic carbocycles. The number of fused-ring (bicyclic) bond motifs is 1. The monoisotopic (exact) mass is 545 g/mol. The van der Waals surface area contributed by atoms with E-state index in [1.165, 1.54) is 29.8 Å². The molecule has 3 N–H and O–H groups in total. The first kappa shape index (κ1) is 27.7. The number of ether oxygens (including phenoxy) is 2. The van der Waals surface area contributed by atoms with Gasteiger partial charge in [0.25, 0.3) is 0 Å². The standard InChI is InChI=1S/C26H32FN5O5S/c1-31-23-21(25(34)32(2)26(31)35)24(30-22(29-23)16-7-5-6-8-17(16)27)38-14-20(33)28-12-11-15-9-10-18(36-3)19(13-15)37-4/h5-10,13,21-24,29-30H,11-12,14H2,1-4H3,(H,28,33). The summed E-state index contributed by atoms with van der Waals surface area (Å²) in [6.07, 6.45) is -0.726. The van der Waals surface area contributed by atoms with Crippen molar-refractivity contribution in [1.29, 1.82) is 0 Å². The number of benzene rings is 2. The maximum Gasteiger partial charge on any atom is 0.327 e. The average Bonchev–Trinajstić information content (AvgIpc) is 2.93. The van der Waals surface area contributed by atoms with Crippen molar-refractivity contribution in [3.63, 3.8) is 0 Å². The summed E-state index contributed by atoms with van der Waals surface area (Å²) in [7, 11) is 6.17. The maximum atomic E-state index is 14.6. The van der Waals surface area contributed by atoms with Crippen molar-refractivity contribution >= 4 is 29.6 Å². The summed E-state index contributed by atoms with van der Waals surface area (Å²) in [5.41, 5.74) is 1.35. The third-order valence-electron chi connectivity index (χ3n) is 6.75. The van der Waals surface area contributed by atoms with Crippen LogP contribution in [0.5, 0.6) is 11.5 Å². The maximum absolute atomic E-state index is 14.6. The molecule has 0 aromatic heterocycles. The van der Waals surface area contributed by atoms with Crippen LogP contribution in [0.2, 0.25) is 0 Å². The van der Waals surface area contributed by atoms with Crippen molar-refractivity contribution in [3.05, 3.63) is 59.4 Å². The number of nitrogens with zero attached hydrogens (tertiary/aromatic N) is 2. The van der Waals surface area contributed by atoms with Crippen LogP contribution in [0.3, 0.4) is 0 Å². The van der Waals surface area contributed by atoms with E-state index in [4.69, 9.17) is 9.47 Å². The normalized spacial score (nSPS) is 23.2. The molecule has 0 aliphatic carbocycles. The fourth-order valence-corrected chi connectivity index (χ4v) is 5.82. The lowest BCUT2D eigenvalue weighted by atomic mass is 9.96. The topological polar surface area (TPSA) is 112 Å². The van der Waals surface area contributed by atoms with E-state index in [0.29, 0.717) is 30.0 Å². The van der Waals surface area contributed by atoms with Crippen LogP contribution in [-0.2, 0) is 16.0 Å². The van der Waals surface area contributed by atoms with Gasteiger partial charge in [-0.3, -0.25) is 25.1 Å². The minimum atomic E-state index is -0.671. The summed E-state index contributed by atoms with van der Waals surface area (Å²) in [6.45, 7) is 0.414. The molecule has 2 aliphatic rings. The molecule has 4 atom stereocenters. The highest BCUT2D eigenvalue weighted by Crippen LogP contribution is 2.35. The molecule has 10 nitrogen and oxygen atoms in total. The Hall–Kier alpha value is -3.35. The number of urea groups is 1. The highest BCUT2D eigenvalue weighted by atomic mass is 32.2. The summed E-state index contributed by atoms with van der Waals surface area (Å²) >= 11 is 1.25. The molecule has 2 saturated heterocycles. The van der Waals surface area contributed by atoms with Gasteiger partial charge in [0.05, 0.1) is 43.6 Å². The number of amides is 4. The van der Waals surface area contributed by atoms with Crippen molar-refractivity contribution < 1.29 is 28.2 Å². The number of hydrogen-bond acceptors (Lipinski definition) is 8. The quantitative estimate of drug-likeness (QED) is 0.438. The number of nitrogens with one attached hydrogen (secondary N) is 3. The van der Waals surface area contributed by atoms with Crippen molar-refractivity contribution in [2.24, 2.45) is 5.92 Å². The smallest absolute Gasteiger partial charge is 0.327 e. The summed E-state index contributed by atoms with van der Waals surface area (Å²) in [4.78, 5) is 40.9. The van der Waals surface area contributed by atoms with Crippen molar-refractivity contribution in [2.75, 3.05) is 40.6 Å². The van der Waals surface area contributed by atoms with Crippen molar-refractivity contribution in [2.45, 2.75) is 24.1 Å². The molecule has 4 amide bonds. The van der Waals surface area contributed by atoms with Crippen LogP contribution in [0.25, 0.3) is 0 Å². The molecular weight excluding hydrogens is 513 g/mol. The molecule has 0 bridgehead atoms. The van der Waals surface area contributed by atoms with E-state index < -0.39 is 35.5 Å². The zero-order chi connectivity index (χ0) is 27.4. The average molecular weight is 546 g/mol. The minimum Gasteiger partial charge on any atom is -0.493 e. The Morgan fingerprint density at radius 2 is 1.82 bits per heavy atom. The van der Waals surface area contributed by atoms with Crippen molar-refractivity contribution in [1.82, 2.24) is 25.8 Å². The van der Waals surface area contributed by atoms with Gasteiger partial charge in [0.2, 0.25) is 11.8 Å². The lowest BCUT2D eigenvalue weighted by molar-refractivity contribution is -0.140. The predicted octanol–water partition coefficient (Wildman–Crippen LogP) is 1.92. The van der Waals surface area contributed by atoms with Gasteiger partial charge in [-0.1, -0.05) is 24.3 Å². The van der Waals surface area contributed by atoms with Crippen LogP contribution < -0.4 is 25.4 Å². The molecule has 2 aromatic rings. The highest BCUT2D eigenvalue weighted by Gasteiger charge is 2.51. The number of carbonyl (C=O) groups excluding carboxylic acids is 3. The third kappa shape index (κ3) is 5.71. The summed E-state index contributed by atoms with van der Waals surface area (Å²) < 4.78 is 25.2. The third-order valence-corrected chi connectivity index (χ3v) is 7.97. The molecule has 2 fully saturated rings. The molecule has 0 saturated carbocycles. The molecule has 12 heteroatoms. The molecular formula is C26H32FN5O5S. The van der Waals surface area contributed by atoms with E-state index in [-0.39, 0.29) is 17.6 Å². The summed E-state index contributed by atoms with van der Waals surface area (Å²) in [6, 6.07) is 11.5.